The van der Waals surface area contributed by atoms with Crippen LogP contribution in [-0.4, -0.2) is 40.9 Å². The average molecular weight is 211 g/mol. The Bertz CT molecular complexity index is 253. The van der Waals surface area contributed by atoms with Crippen LogP contribution in [-0.2, 0) is 4.74 Å². The largest absolute Gasteiger partial charge is 0.445 e. The molecule has 0 aliphatic carbocycles. The van der Waals surface area contributed by atoms with Gasteiger partial charge in [0.2, 0.25) is 0 Å². The van der Waals surface area contributed by atoms with Gasteiger partial charge in [-0.05, 0) is 25.7 Å². The number of aliphatic hydroxyl groups excluding tert-OH is 1. The second kappa shape index (κ2) is 4.23. The highest BCUT2D eigenvalue weighted by Crippen LogP contribution is 2.35. The van der Waals surface area contributed by atoms with Gasteiger partial charge in [0.1, 0.15) is 6.61 Å². The van der Waals surface area contributed by atoms with E-state index >= 15 is 0 Å². The molecule has 2 heterocycles. The second-order valence-electron chi connectivity index (χ2n) is 4.28. The van der Waals surface area contributed by atoms with Crippen LogP contribution in [0.25, 0.3) is 0 Å². The molecule has 4 heteroatoms. The topological polar surface area (TPSA) is 49.8 Å². The summed E-state index contributed by atoms with van der Waals surface area (Å²) in [6.07, 6.45) is 4.44. The van der Waals surface area contributed by atoms with E-state index in [2.05, 4.69) is 6.58 Å². The fraction of sp³-hybridized carbons (Fsp3) is 0.727. The number of piperidine rings is 1. The van der Waals surface area contributed by atoms with Crippen molar-refractivity contribution >= 4 is 6.09 Å². The predicted molar refractivity (Wildman–Crippen MR) is 55.4 cm³/mol. The molecule has 0 saturated carbocycles. The van der Waals surface area contributed by atoms with Gasteiger partial charge < -0.3 is 14.7 Å². The molecule has 0 spiro atoms. The number of fused-ring (bicyclic) bond motifs is 2. The lowest BCUT2D eigenvalue weighted by Crippen LogP contribution is -2.48. The van der Waals surface area contributed by atoms with Crippen LogP contribution in [0, 0.1) is 0 Å². The molecule has 0 aromatic rings. The molecule has 2 saturated heterocycles. The van der Waals surface area contributed by atoms with Crippen LogP contribution >= 0.6 is 0 Å². The molecule has 2 unspecified atom stereocenters. The molecule has 2 atom stereocenters. The van der Waals surface area contributed by atoms with E-state index in [1.54, 1.807) is 11.0 Å². The zero-order valence-electron chi connectivity index (χ0n) is 8.76. The molecule has 0 aromatic carbocycles. The Balaban J connectivity index is 1.98. The minimum atomic E-state index is -0.255. The Morgan fingerprint density at radius 3 is 2.60 bits per heavy atom. The first kappa shape index (κ1) is 10.5. The van der Waals surface area contributed by atoms with Crippen molar-refractivity contribution in [2.75, 3.05) is 6.61 Å². The van der Waals surface area contributed by atoms with Crippen LogP contribution in [0.15, 0.2) is 12.7 Å². The smallest absolute Gasteiger partial charge is 0.410 e. The number of carbonyl (C=O) groups excluding carboxylic acids is 1. The Kier molecular flexibility index (Phi) is 2.95. The van der Waals surface area contributed by atoms with Gasteiger partial charge in [0.05, 0.1) is 6.10 Å². The monoisotopic (exact) mass is 211 g/mol. The van der Waals surface area contributed by atoms with E-state index in [0.29, 0.717) is 12.8 Å². The van der Waals surface area contributed by atoms with Crippen LogP contribution < -0.4 is 0 Å². The SMILES string of the molecule is C=CCOC(=O)N1C2CCC1CC(O)C2. The highest BCUT2D eigenvalue weighted by molar-refractivity contribution is 5.69. The van der Waals surface area contributed by atoms with E-state index in [1.165, 1.54) is 0 Å². The molecule has 84 valence electrons. The first-order valence-corrected chi connectivity index (χ1v) is 5.46. The minimum absolute atomic E-state index is 0.177. The average Bonchev–Trinajstić information content (AvgIpc) is 2.48. The second-order valence-corrected chi connectivity index (χ2v) is 4.28. The maximum Gasteiger partial charge on any atom is 0.410 e. The lowest BCUT2D eigenvalue weighted by molar-refractivity contribution is 0.0279. The maximum atomic E-state index is 11.7. The van der Waals surface area contributed by atoms with Gasteiger partial charge in [0.15, 0.2) is 0 Å². The van der Waals surface area contributed by atoms with Crippen molar-refractivity contribution in [1.82, 2.24) is 4.90 Å². The zero-order valence-corrected chi connectivity index (χ0v) is 8.76. The van der Waals surface area contributed by atoms with E-state index in [-0.39, 0.29) is 30.9 Å². The van der Waals surface area contributed by atoms with Gasteiger partial charge >= 0.3 is 6.09 Å². The molecular weight excluding hydrogens is 194 g/mol. The molecule has 2 fully saturated rings. The van der Waals surface area contributed by atoms with Crippen molar-refractivity contribution in [3.05, 3.63) is 12.7 Å². The third-order valence-electron chi connectivity index (χ3n) is 3.24. The molecule has 2 aliphatic heterocycles. The summed E-state index contributed by atoms with van der Waals surface area (Å²) < 4.78 is 5.03. The number of aliphatic hydroxyl groups is 1. The van der Waals surface area contributed by atoms with Gasteiger partial charge in [-0.2, -0.15) is 0 Å². The van der Waals surface area contributed by atoms with Crippen LogP contribution in [0.4, 0.5) is 4.79 Å². The molecule has 15 heavy (non-hydrogen) atoms. The molecular formula is C11H17NO3. The number of hydrogen-bond donors (Lipinski definition) is 1. The van der Waals surface area contributed by atoms with Crippen molar-refractivity contribution in [3.8, 4) is 0 Å². The summed E-state index contributed by atoms with van der Waals surface area (Å²) in [6.45, 7) is 3.77. The van der Waals surface area contributed by atoms with E-state index in [0.717, 1.165) is 12.8 Å². The van der Waals surface area contributed by atoms with Gasteiger partial charge in [0, 0.05) is 12.1 Å². The molecule has 2 bridgehead atoms. The molecule has 0 radical (unpaired) electrons. The van der Waals surface area contributed by atoms with E-state index < -0.39 is 0 Å². The highest BCUT2D eigenvalue weighted by Gasteiger charge is 2.43. The standard InChI is InChI=1S/C11H17NO3/c1-2-5-15-11(14)12-8-3-4-9(12)7-10(13)6-8/h2,8-10,13H,1,3-7H2. The number of carbonyl (C=O) groups is 1. The molecule has 2 aliphatic rings. The lowest BCUT2D eigenvalue weighted by atomic mass is 10.0. The van der Waals surface area contributed by atoms with Crippen LogP contribution in [0.5, 0.6) is 0 Å². The van der Waals surface area contributed by atoms with Gasteiger partial charge in [-0.3, -0.25) is 0 Å². The van der Waals surface area contributed by atoms with Gasteiger partial charge in [-0.1, -0.05) is 12.7 Å². The quantitative estimate of drug-likeness (QED) is 0.700. The third kappa shape index (κ3) is 2.00. The summed E-state index contributed by atoms with van der Waals surface area (Å²) in [4.78, 5) is 13.5. The molecule has 1 amide bonds. The lowest BCUT2D eigenvalue weighted by Gasteiger charge is -2.36. The first-order chi connectivity index (χ1) is 7.22. The maximum absolute atomic E-state index is 11.7. The van der Waals surface area contributed by atoms with E-state index in [1.807, 2.05) is 0 Å². The summed E-state index contributed by atoms with van der Waals surface area (Å²) in [6, 6.07) is 0.354. The van der Waals surface area contributed by atoms with Crippen LogP contribution in [0.2, 0.25) is 0 Å². The Hall–Kier alpha value is -1.03. The van der Waals surface area contributed by atoms with Crippen molar-refractivity contribution < 1.29 is 14.6 Å². The Morgan fingerprint density at radius 2 is 2.07 bits per heavy atom. The summed E-state index contributed by atoms with van der Waals surface area (Å²) in [5.74, 6) is 0. The highest BCUT2D eigenvalue weighted by atomic mass is 16.6. The third-order valence-corrected chi connectivity index (χ3v) is 3.24. The normalized spacial score (nSPS) is 33.9. The number of hydrogen-bond acceptors (Lipinski definition) is 3. The molecule has 2 rings (SSSR count). The molecule has 4 nitrogen and oxygen atoms in total. The fourth-order valence-corrected chi connectivity index (χ4v) is 2.65. The number of amides is 1. The zero-order chi connectivity index (χ0) is 10.8. The number of rotatable bonds is 2. The van der Waals surface area contributed by atoms with E-state index in [9.17, 15) is 9.90 Å². The Labute approximate surface area is 89.5 Å². The van der Waals surface area contributed by atoms with Crippen molar-refractivity contribution in [3.63, 3.8) is 0 Å². The minimum Gasteiger partial charge on any atom is -0.445 e. The van der Waals surface area contributed by atoms with Crippen molar-refractivity contribution in [2.45, 2.75) is 43.9 Å². The first-order valence-electron chi connectivity index (χ1n) is 5.46. The van der Waals surface area contributed by atoms with Crippen LogP contribution in [0.3, 0.4) is 0 Å². The number of ether oxygens (including phenoxy) is 1. The van der Waals surface area contributed by atoms with Crippen molar-refractivity contribution in [2.24, 2.45) is 0 Å². The van der Waals surface area contributed by atoms with Gasteiger partial charge in [-0.15, -0.1) is 0 Å². The summed E-state index contributed by atoms with van der Waals surface area (Å²) in [5, 5.41) is 9.57. The summed E-state index contributed by atoms with van der Waals surface area (Å²) >= 11 is 0. The van der Waals surface area contributed by atoms with Crippen molar-refractivity contribution in [1.29, 1.82) is 0 Å². The predicted octanol–water partition coefficient (Wildman–Crippen LogP) is 1.30. The van der Waals surface area contributed by atoms with E-state index in [4.69, 9.17) is 4.74 Å². The molecule has 1 N–H and O–H groups in total. The van der Waals surface area contributed by atoms with Gasteiger partial charge in [-0.25, -0.2) is 4.79 Å². The summed E-state index contributed by atoms with van der Waals surface area (Å²) in [7, 11) is 0. The summed E-state index contributed by atoms with van der Waals surface area (Å²) in [5.41, 5.74) is 0. The number of nitrogens with zero attached hydrogens (tertiary/aromatic N) is 1. The molecule has 0 aromatic heterocycles. The fourth-order valence-electron chi connectivity index (χ4n) is 2.65. The van der Waals surface area contributed by atoms with Gasteiger partial charge in [0.25, 0.3) is 0 Å². The Morgan fingerprint density at radius 1 is 1.47 bits per heavy atom. The van der Waals surface area contributed by atoms with Crippen LogP contribution in [0.1, 0.15) is 25.7 Å².